The third-order valence-electron chi connectivity index (χ3n) is 4.21. The van der Waals surface area contributed by atoms with E-state index in [0.717, 1.165) is 32.0 Å². The van der Waals surface area contributed by atoms with Crippen LogP contribution in [0.3, 0.4) is 0 Å². The van der Waals surface area contributed by atoms with Crippen LogP contribution in [0.5, 0.6) is 0 Å². The van der Waals surface area contributed by atoms with Crippen LogP contribution < -0.4 is 10.6 Å². The lowest BCUT2D eigenvalue weighted by Crippen LogP contribution is -2.31. The minimum Gasteiger partial charge on any atom is -0.331 e. The Morgan fingerprint density at radius 3 is 2.67 bits per heavy atom. The molecule has 2 aromatic carbocycles. The van der Waals surface area contributed by atoms with E-state index in [1.54, 1.807) is 23.7 Å². The molecule has 1 atom stereocenters. The highest BCUT2D eigenvalue weighted by Gasteiger charge is 2.11. The summed E-state index contributed by atoms with van der Waals surface area (Å²) in [5.41, 5.74) is 3.70. The van der Waals surface area contributed by atoms with Crippen molar-refractivity contribution in [1.29, 1.82) is 0 Å². The second kappa shape index (κ2) is 7.55. The van der Waals surface area contributed by atoms with Gasteiger partial charge in [0.25, 0.3) is 0 Å². The predicted molar refractivity (Wildman–Crippen MR) is 110 cm³/mol. The fourth-order valence-electron chi connectivity index (χ4n) is 2.82. The number of fused-ring (bicyclic) bond motifs is 1. The zero-order valence-corrected chi connectivity index (χ0v) is 15.5. The molecule has 0 spiro atoms. The van der Waals surface area contributed by atoms with Crippen molar-refractivity contribution in [3.8, 4) is 10.6 Å². The number of thiazole rings is 1. The predicted octanol–water partition coefficient (Wildman–Crippen LogP) is 5.24. The quantitative estimate of drug-likeness (QED) is 0.513. The SMILES string of the molecule is CC(NC(=O)Nc1cccc(-c2nc3ccccc3s2)c1)c1ccncc1. The number of hydrogen-bond acceptors (Lipinski definition) is 4. The monoisotopic (exact) mass is 374 g/mol. The van der Waals surface area contributed by atoms with E-state index in [1.165, 1.54) is 0 Å². The average Bonchev–Trinajstić information content (AvgIpc) is 3.13. The molecule has 1 unspecified atom stereocenters. The molecule has 0 saturated carbocycles. The molecule has 2 heterocycles. The van der Waals surface area contributed by atoms with Gasteiger partial charge in [-0.25, -0.2) is 9.78 Å². The summed E-state index contributed by atoms with van der Waals surface area (Å²) in [7, 11) is 0. The van der Waals surface area contributed by atoms with E-state index >= 15 is 0 Å². The van der Waals surface area contributed by atoms with Crippen LogP contribution in [-0.2, 0) is 0 Å². The van der Waals surface area contributed by atoms with Gasteiger partial charge in [0.05, 0.1) is 16.3 Å². The standard InChI is InChI=1S/C21H18N4OS/c1-14(15-9-11-22-12-10-15)23-21(26)24-17-6-4-5-16(13-17)20-25-18-7-2-3-8-19(18)27-20/h2-14H,1H3,(H2,23,24,26). The van der Waals surface area contributed by atoms with Crippen molar-refractivity contribution in [2.45, 2.75) is 13.0 Å². The Morgan fingerprint density at radius 2 is 1.85 bits per heavy atom. The summed E-state index contributed by atoms with van der Waals surface area (Å²) >= 11 is 1.64. The summed E-state index contributed by atoms with van der Waals surface area (Å²) < 4.78 is 1.15. The van der Waals surface area contributed by atoms with Gasteiger partial charge < -0.3 is 10.6 Å². The normalized spacial score (nSPS) is 11.9. The van der Waals surface area contributed by atoms with Gasteiger partial charge in [-0.15, -0.1) is 11.3 Å². The van der Waals surface area contributed by atoms with E-state index in [9.17, 15) is 4.79 Å². The largest absolute Gasteiger partial charge is 0.331 e. The molecule has 0 aliphatic rings. The van der Waals surface area contributed by atoms with Crippen molar-refractivity contribution in [2.75, 3.05) is 5.32 Å². The number of benzene rings is 2. The molecule has 4 aromatic rings. The van der Waals surface area contributed by atoms with Gasteiger partial charge in [-0.2, -0.15) is 0 Å². The zero-order valence-electron chi connectivity index (χ0n) is 14.7. The first kappa shape index (κ1) is 17.2. The topological polar surface area (TPSA) is 66.9 Å². The number of carbonyl (C=O) groups excluding carboxylic acids is 1. The van der Waals surface area contributed by atoms with E-state index in [2.05, 4.69) is 26.7 Å². The van der Waals surface area contributed by atoms with Gasteiger partial charge in [0.15, 0.2) is 0 Å². The minimum atomic E-state index is -0.249. The van der Waals surface area contributed by atoms with Gasteiger partial charge in [0.1, 0.15) is 5.01 Å². The fraction of sp³-hybridized carbons (Fsp3) is 0.0952. The van der Waals surface area contributed by atoms with Crippen molar-refractivity contribution < 1.29 is 4.79 Å². The van der Waals surface area contributed by atoms with Crippen molar-refractivity contribution in [2.24, 2.45) is 0 Å². The zero-order chi connectivity index (χ0) is 18.6. The van der Waals surface area contributed by atoms with Crippen LogP contribution >= 0.6 is 11.3 Å². The van der Waals surface area contributed by atoms with Crippen molar-refractivity contribution >= 4 is 33.3 Å². The second-order valence-corrected chi connectivity index (χ2v) is 7.20. The molecule has 0 bridgehead atoms. The Labute approximate surface area is 161 Å². The van der Waals surface area contributed by atoms with Crippen molar-refractivity contribution in [3.63, 3.8) is 0 Å². The van der Waals surface area contributed by atoms with Crippen LogP contribution in [0.25, 0.3) is 20.8 Å². The molecule has 0 radical (unpaired) electrons. The summed E-state index contributed by atoms with van der Waals surface area (Å²) in [6, 6.07) is 19.2. The van der Waals surface area contributed by atoms with Gasteiger partial charge in [-0.3, -0.25) is 4.98 Å². The highest BCUT2D eigenvalue weighted by Crippen LogP contribution is 2.31. The van der Waals surface area contributed by atoms with Crippen LogP contribution in [0.15, 0.2) is 73.1 Å². The number of aromatic nitrogens is 2. The number of amides is 2. The Balaban J connectivity index is 1.48. The van der Waals surface area contributed by atoms with E-state index in [0.29, 0.717) is 0 Å². The van der Waals surface area contributed by atoms with E-state index in [-0.39, 0.29) is 12.1 Å². The lowest BCUT2D eigenvalue weighted by molar-refractivity contribution is 0.249. The van der Waals surface area contributed by atoms with Crippen LogP contribution in [0.1, 0.15) is 18.5 Å². The molecule has 2 N–H and O–H groups in total. The molecule has 0 saturated heterocycles. The Bertz CT molecular complexity index is 1040. The summed E-state index contributed by atoms with van der Waals surface area (Å²) in [6.45, 7) is 1.94. The number of para-hydroxylation sites is 1. The Morgan fingerprint density at radius 1 is 1.04 bits per heavy atom. The first-order valence-electron chi connectivity index (χ1n) is 8.62. The van der Waals surface area contributed by atoms with E-state index < -0.39 is 0 Å². The van der Waals surface area contributed by atoms with Gasteiger partial charge in [-0.05, 0) is 48.9 Å². The highest BCUT2D eigenvalue weighted by atomic mass is 32.1. The van der Waals surface area contributed by atoms with Gasteiger partial charge in [0.2, 0.25) is 0 Å². The molecule has 134 valence electrons. The summed E-state index contributed by atoms with van der Waals surface area (Å²) in [5, 5.41) is 6.77. The number of rotatable bonds is 4. The molecule has 4 rings (SSSR count). The molecule has 0 fully saturated rings. The van der Waals surface area contributed by atoms with Gasteiger partial charge >= 0.3 is 6.03 Å². The highest BCUT2D eigenvalue weighted by molar-refractivity contribution is 7.21. The molecule has 2 amide bonds. The van der Waals surface area contributed by atoms with Gasteiger partial charge in [-0.1, -0.05) is 24.3 Å². The first-order chi connectivity index (χ1) is 13.2. The lowest BCUT2D eigenvalue weighted by atomic mass is 10.1. The maximum Gasteiger partial charge on any atom is 0.319 e. The Hall–Kier alpha value is -3.25. The number of urea groups is 1. The smallest absolute Gasteiger partial charge is 0.319 e. The maximum atomic E-state index is 12.3. The third kappa shape index (κ3) is 3.96. The Kier molecular flexibility index (Phi) is 4.80. The second-order valence-electron chi connectivity index (χ2n) is 6.17. The summed E-state index contributed by atoms with van der Waals surface area (Å²) in [4.78, 5) is 21.0. The molecular formula is C21H18N4OS. The fourth-order valence-corrected chi connectivity index (χ4v) is 3.79. The molecule has 5 nitrogen and oxygen atoms in total. The number of pyridine rings is 1. The number of hydrogen-bond donors (Lipinski definition) is 2. The third-order valence-corrected chi connectivity index (χ3v) is 5.30. The molecule has 0 aliphatic heterocycles. The van der Waals surface area contributed by atoms with Crippen LogP contribution in [0, 0.1) is 0 Å². The summed E-state index contributed by atoms with van der Waals surface area (Å²) in [5.74, 6) is 0. The van der Waals surface area contributed by atoms with Crippen molar-refractivity contribution in [1.82, 2.24) is 15.3 Å². The number of nitrogens with one attached hydrogen (secondary N) is 2. The van der Waals surface area contributed by atoms with Crippen LogP contribution in [-0.4, -0.2) is 16.0 Å². The van der Waals surface area contributed by atoms with Crippen LogP contribution in [0.2, 0.25) is 0 Å². The lowest BCUT2D eigenvalue weighted by Gasteiger charge is -2.15. The molecule has 0 aliphatic carbocycles. The molecular weight excluding hydrogens is 356 g/mol. The molecule has 27 heavy (non-hydrogen) atoms. The first-order valence-corrected chi connectivity index (χ1v) is 9.44. The number of anilines is 1. The van der Waals surface area contributed by atoms with Gasteiger partial charge in [0, 0.05) is 23.6 Å². The van der Waals surface area contributed by atoms with E-state index in [4.69, 9.17) is 0 Å². The van der Waals surface area contributed by atoms with Crippen LogP contribution in [0.4, 0.5) is 10.5 Å². The minimum absolute atomic E-state index is 0.111. The molecule has 2 aromatic heterocycles. The van der Waals surface area contributed by atoms with Crippen molar-refractivity contribution in [3.05, 3.63) is 78.6 Å². The number of carbonyl (C=O) groups is 1. The molecule has 6 heteroatoms. The number of nitrogens with zero attached hydrogens (tertiary/aromatic N) is 2. The average molecular weight is 374 g/mol. The summed E-state index contributed by atoms with van der Waals surface area (Å²) in [6.07, 6.45) is 3.43. The maximum absolute atomic E-state index is 12.3. The van der Waals surface area contributed by atoms with E-state index in [1.807, 2.05) is 61.5 Å².